The van der Waals surface area contributed by atoms with Crippen LogP contribution < -0.4 is 0 Å². The molecule has 61 heavy (non-hydrogen) atoms. The van der Waals surface area contributed by atoms with E-state index in [0.29, 0.717) is 19.3 Å². The van der Waals surface area contributed by atoms with E-state index in [1.54, 1.807) is 0 Å². The van der Waals surface area contributed by atoms with Crippen molar-refractivity contribution in [2.24, 2.45) is 0 Å². The van der Waals surface area contributed by atoms with E-state index >= 15 is 0 Å². The first kappa shape index (κ1) is 57.6. The van der Waals surface area contributed by atoms with Crippen molar-refractivity contribution < 1.29 is 28.6 Å². The van der Waals surface area contributed by atoms with E-state index < -0.39 is 6.10 Å². The van der Waals surface area contributed by atoms with Gasteiger partial charge in [0.2, 0.25) is 0 Å². The van der Waals surface area contributed by atoms with E-state index in [4.69, 9.17) is 14.2 Å². The van der Waals surface area contributed by atoms with E-state index in [1.165, 1.54) is 77.0 Å². The smallest absolute Gasteiger partial charge is 0.306 e. The van der Waals surface area contributed by atoms with Crippen LogP contribution in [0, 0.1) is 0 Å². The highest BCUT2D eigenvalue weighted by atomic mass is 16.6. The van der Waals surface area contributed by atoms with Gasteiger partial charge in [-0.05, 0) is 109 Å². The summed E-state index contributed by atoms with van der Waals surface area (Å²) in [5.74, 6) is -0.990. The molecule has 0 aliphatic rings. The van der Waals surface area contributed by atoms with Gasteiger partial charge in [-0.3, -0.25) is 14.4 Å². The zero-order valence-corrected chi connectivity index (χ0v) is 39.7. The Morgan fingerprint density at radius 2 is 0.623 bits per heavy atom. The van der Waals surface area contributed by atoms with Crippen LogP contribution in [0.2, 0.25) is 0 Å². The molecule has 0 aromatic heterocycles. The van der Waals surface area contributed by atoms with E-state index in [-0.39, 0.29) is 37.5 Å². The predicted octanol–water partition coefficient (Wildman–Crippen LogP) is 16.4. The lowest BCUT2D eigenvalue weighted by atomic mass is 10.1. The number of hydrogen-bond donors (Lipinski definition) is 0. The minimum atomic E-state index is -0.808. The fraction of sp³-hybridized carbons (Fsp3) is 0.691. The Kier molecular flexibility index (Phi) is 46.5. The highest BCUT2D eigenvalue weighted by molar-refractivity contribution is 5.71. The number of esters is 3. The Labute approximate surface area is 375 Å². The number of rotatable bonds is 44. The molecule has 0 unspecified atom stereocenters. The molecule has 0 aliphatic carbocycles. The number of hydrogen-bond acceptors (Lipinski definition) is 6. The van der Waals surface area contributed by atoms with Gasteiger partial charge in [0.1, 0.15) is 13.2 Å². The number of allylic oxidation sites excluding steroid dienone is 14. The van der Waals surface area contributed by atoms with Crippen LogP contribution in [0.15, 0.2) is 85.1 Å². The van der Waals surface area contributed by atoms with Crippen molar-refractivity contribution in [2.75, 3.05) is 13.2 Å². The summed E-state index contributed by atoms with van der Waals surface area (Å²) < 4.78 is 16.7. The molecule has 6 nitrogen and oxygen atoms in total. The van der Waals surface area contributed by atoms with Gasteiger partial charge in [0.15, 0.2) is 6.10 Å². The molecule has 1 atom stereocenters. The second-order valence-electron chi connectivity index (χ2n) is 16.4. The van der Waals surface area contributed by atoms with E-state index in [0.717, 1.165) is 103 Å². The fourth-order valence-electron chi connectivity index (χ4n) is 6.50. The second-order valence-corrected chi connectivity index (χ2v) is 16.4. The first-order valence-electron chi connectivity index (χ1n) is 25.1. The first-order valence-corrected chi connectivity index (χ1v) is 25.1. The summed E-state index contributed by atoms with van der Waals surface area (Å²) in [4.78, 5) is 37.9. The normalized spacial score (nSPS) is 12.8. The lowest BCUT2D eigenvalue weighted by molar-refractivity contribution is -0.167. The summed E-state index contributed by atoms with van der Waals surface area (Å²) in [6, 6.07) is 0. The molecule has 0 radical (unpaired) electrons. The Morgan fingerprint density at radius 3 is 1.05 bits per heavy atom. The number of unbranched alkanes of at least 4 members (excludes halogenated alkanes) is 19. The lowest BCUT2D eigenvalue weighted by Crippen LogP contribution is -2.30. The topological polar surface area (TPSA) is 78.9 Å². The van der Waals surface area contributed by atoms with Crippen molar-refractivity contribution >= 4 is 17.9 Å². The summed E-state index contributed by atoms with van der Waals surface area (Å²) in [6.45, 7) is 6.46. The number of carbonyl (C=O) groups is 3. The summed E-state index contributed by atoms with van der Waals surface area (Å²) >= 11 is 0. The second kappa shape index (κ2) is 49.2. The SMILES string of the molecule is CCCC/C=C\CCCCCCCC(=O)OC[C@H](COC(=O)CCC/C=C\C/C=C\C/C=C\C/C=C\CCCCC)OC(=O)CCCCCCC/C=C\C/C=C\CCCCC. The fourth-order valence-corrected chi connectivity index (χ4v) is 6.50. The number of carbonyl (C=O) groups excluding carboxylic acids is 3. The Balaban J connectivity index is 4.50. The predicted molar refractivity (Wildman–Crippen MR) is 261 cm³/mol. The lowest BCUT2D eigenvalue weighted by Gasteiger charge is -2.18. The Morgan fingerprint density at radius 1 is 0.328 bits per heavy atom. The van der Waals surface area contributed by atoms with Crippen LogP contribution in [0.1, 0.15) is 226 Å². The van der Waals surface area contributed by atoms with Crippen LogP contribution in [-0.2, 0) is 28.6 Å². The van der Waals surface area contributed by atoms with Crippen LogP contribution >= 0.6 is 0 Å². The molecular formula is C55H92O6. The largest absolute Gasteiger partial charge is 0.462 e. The van der Waals surface area contributed by atoms with Crippen molar-refractivity contribution in [3.05, 3.63) is 85.1 Å². The Bertz CT molecular complexity index is 1200. The van der Waals surface area contributed by atoms with Gasteiger partial charge in [0, 0.05) is 19.3 Å². The van der Waals surface area contributed by atoms with Gasteiger partial charge in [0.05, 0.1) is 0 Å². The van der Waals surface area contributed by atoms with Gasteiger partial charge in [0.25, 0.3) is 0 Å². The molecule has 0 aliphatic heterocycles. The van der Waals surface area contributed by atoms with Gasteiger partial charge in [-0.1, -0.05) is 183 Å². The third kappa shape index (κ3) is 47.5. The molecule has 0 N–H and O–H groups in total. The average molecular weight is 849 g/mol. The molecule has 0 bridgehead atoms. The van der Waals surface area contributed by atoms with E-state index in [1.807, 2.05) is 0 Å². The van der Waals surface area contributed by atoms with Gasteiger partial charge >= 0.3 is 17.9 Å². The van der Waals surface area contributed by atoms with Gasteiger partial charge in [-0.25, -0.2) is 0 Å². The molecule has 0 spiro atoms. The van der Waals surface area contributed by atoms with Gasteiger partial charge in [-0.15, -0.1) is 0 Å². The summed E-state index contributed by atoms with van der Waals surface area (Å²) in [7, 11) is 0. The zero-order chi connectivity index (χ0) is 44.4. The maximum Gasteiger partial charge on any atom is 0.306 e. The summed E-state index contributed by atoms with van der Waals surface area (Å²) in [6.07, 6.45) is 62.8. The molecule has 0 aromatic carbocycles. The monoisotopic (exact) mass is 849 g/mol. The standard InChI is InChI=1S/C55H92O6/c1-4-7-10-13-16-19-22-24-26-27-29-30-33-36-39-42-45-48-54(57)60-51-52(50-59-53(56)47-44-41-38-35-32-21-18-15-12-9-6-3)61-55(58)49-46-43-40-37-34-31-28-25-23-20-17-14-11-8-5-2/h15-20,24-26,28-30,36,39,52H,4-14,21-23,27,31-35,37-38,40-51H2,1-3H3/b18-15-,19-16-,20-17-,26-24-,28-25-,30-29-,39-36-/t52-/m1/s1. The van der Waals surface area contributed by atoms with E-state index in [2.05, 4.69) is 106 Å². The van der Waals surface area contributed by atoms with Gasteiger partial charge < -0.3 is 14.2 Å². The highest BCUT2D eigenvalue weighted by Crippen LogP contribution is 2.12. The summed E-state index contributed by atoms with van der Waals surface area (Å²) in [5, 5.41) is 0. The maximum atomic E-state index is 12.8. The molecule has 0 aromatic rings. The Hall–Kier alpha value is -3.41. The number of ether oxygens (including phenoxy) is 3. The minimum absolute atomic E-state index is 0.105. The van der Waals surface area contributed by atoms with E-state index in [9.17, 15) is 14.4 Å². The van der Waals surface area contributed by atoms with Gasteiger partial charge in [-0.2, -0.15) is 0 Å². The molecule has 0 fully saturated rings. The minimum Gasteiger partial charge on any atom is -0.462 e. The van der Waals surface area contributed by atoms with Crippen LogP contribution in [-0.4, -0.2) is 37.2 Å². The zero-order valence-electron chi connectivity index (χ0n) is 39.7. The third-order valence-electron chi connectivity index (χ3n) is 10.3. The maximum absolute atomic E-state index is 12.8. The van der Waals surface area contributed by atoms with Crippen LogP contribution in [0.5, 0.6) is 0 Å². The van der Waals surface area contributed by atoms with Crippen molar-refractivity contribution in [1.82, 2.24) is 0 Å². The van der Waals surface area contributed by atoms with Crippen molar-refractivity contribution in [1.29, 1.82) is 0 Å². The molecule has 0 saturated carbocycles. The average Bonchev–Trinajstić information content (AvgIpc) is 3.26. The highest BCUT2D eigenvalue weighted by Gasteiger charge is 2.19. The molecule has 0 amide bonds. The van der Waals surface area contributed by atoms with Crippen molar-refractivity contribution in [2.45, 2.75) is 232 Å². The van der Waals surface area contributed by atoms with Crippen LogP contribution in [0.25, 0.3) is 0 Å². The summed E-state index contributed by atoms with van der Waals surface area (Å²) in [5.41, 5.74) is 0. The third-order valence-corrected chi connectivity index (χ3v) is 10.3. The van der Waals surface area contributed by atoms with Crippen molar-refractivity contribution in [3.63, 3.8) is 0 Å². The molecule has 348 valence electrons. The van der Waals surface area contributed by atoms with Crippen molar-refractivity contribution in [3.8, 4) is 0 Å². The quantitative estimate of drug-likeness (QED) is 0.0263. The molecule has 0 rings (SSSR count). The molecule has 0 heterocycles. The molecule has 6 heteroatoms. The van der Waals surface area contributed by atoms with Crippen LogP contribution in [0.3, 0.4) is 0 Å². The molecular weight excluding hydrogens is 757 g/mol. The first-order chi connectivity index (χ1) is 30.0. The molecule has 0 saturated heterocycles. The van der Waals surface area contributed by atoms with Crippen LogP contribution in [0.4, 0.5) is 0 Å².